The summed E-state index contributed by atoms with van der Waals surface area (Å²) in [7, 11) is 0. The van der Waals surface area contributed by atoms with Gasteiger partial charge in [-0.2, -0.15) is 0 Å². The second-order valence-electron chi connectivity index (χ2n) is 5.57. The van der Waals surface area contributed by atoms with Gasteiger partial charge in [-0.05, 0) is 25.3 Å². The molecule has 0 bridgehead atoms. The minimum Gasteiger partial charge on any atom is -0.369 e. The average Bonchev–Trinajstić information content (AvgIpc) is 2.39. The predicted molar refractivity (Wildman–Crippen MR) is 74.4 cm³/mol. The van der Waals surface area contributed by atoms with Crippen molar-refractivity contribution in [1.82, 2.24) is 5.32 Å². The number of nitrogens with one attached hydrogen (secondary N) is 1. The molecule has 0 aromatic heterocycles. The fraction of sp³-hybridized carbons (Fsp3) is 0.600. The highest BCUT2D eigenvalue weighted by Crippen LogP contribution is 2.25. The summed E-state index contributed by atoms with van der Waals surface area (Å²) in [5.41, 5.74) is 0.160. The number of anilines is 1. The van der Waals surface area contributed by atoms with Gasteiger partial charge in [-0.1, -0.05) is 13.8 Å². The maximum atomic E-state index is 13.9. The number of benzene rings is 1. The lowest BCUT2D eigenvalue weighted by molar-refractivity contribution is 0.385. The molecular formula is C15H21F3N2. The van der Waals surface area contributed by atoms with E-state index in [0.717, 1.165) is 25.5 Å². The average molecular weight is 286 g/mol. The van der Waals surface area contributed by atoms with E-state index in [1.165, 1.54) is 0 Å². The highest BCUT2D eigenvalue weighted by atomic mass is 19.2. The van der Waals surface area contributed by atoms with Crippen molar-refractivity contribution in [2.45, 2.75) is 32.7 Å². The Morgan fingerprint density at radius 2 is 1.90 bits per heavy atom. The highest BCUT2D eigenvalue weighted by molar-refractivity contribution is 5.48. The second-order valence-corrected chi connectivity index (χ2v) is 5.57. The van der Waals surface area contributed by atoms with Gasteiger partial charge in [0.2, 0.25) is 0 Å². The molecule has 2 atom stereocenters. The molecule has 2 rings (SSSR count). The molecule has 0 spiro atoms. The summed E-state index contributed by atoms with van der Waals surface area (Å²) in [6.45, 7) is 6.28. The third-order valence-electron chi connectivity index (χ3n) is 3.86. The minimum absolute atomic E-state index is 0.160. The van der Waals surface area contributed by atoms with Gasteiger partial charge in [0.25, 0.3) is 0 Å². The molecule has 0 saturated carbocycles. The van der Waals surface area contributed by atoms with Crippen LogP contribution in [0.5, 0.6) is 0 Å². The topological polar surface area (TPSA) is 15.3 Å². The van der Waals surface area contributed by atoms with Crippen LogP contribution < -0.4 is 10.2 Å². The second kappa shape index (κ2) is 6.48. The Hall–Kier alpha value is -1.23. The number of nitrogens with zero attached hydrogens (tertiary/aromatic N) is 1. The lowest BCUT2D eigenvalue weighted by Crippen LogP contribution is -2.43. The van der Waals surface area contributed by atoms with Crippen molar-refractivity contribution in [2.24, 2.45) is 5.92 Å². The van der Waals surface area contributed by atoms with Crippen LogP contribution >= 0.6 is 0 Å². The molecule has 0 amide bonds. The Morgan fingerprint density at radius 1 is 1.20 bits per heavy atom. The Bertz CT molecular complexity index is 465. The van der Waals surface area contributed by atoms with E-state index in [4.69, 9.17) is 0 Å². The summed E-state index contributed by atoms with van der Waals surface area (Å²) < 4.78 is 40.3. The van der Waals surface area contributed by atoms with Crippen molar-refractivity contribution in [2.75, 3.05) is 24.5 Å². The molecule has 0 aliphatic carbocycles. The van der Waals surface area contributed by atoms with Gasteiger partial charge in [0.05, 0.1) is 5.69 Å². The molecular weight excluding hydrogens is 265 g/mol. The third kappa shape index (κ3) is 3.45. The molecule has 2 nitrogen and oxygen atoms in total. The van der Waals surface area contributed by atoms with Gasteiger partial charge in [-0.3, -0.25) is 0 Å². The fourth-order valence-corrected chi connectivity index (χ4v) is 2.64. The van der Waals surface area contributed by atoms with Crippen LogP contribution in [0.1, 0.15) is 26.7 Å². The number of rotatable bonds is 2. The van der Waals surface area contributed by atoms with E-state index < -0.39 is 17.5 Å². The molecule has 0 radical (unpaired) electrons. The zero-order chi connectivity index (χ0) is 14.7. The zero-order valence-electron chi connectivity index (χ0n) is 11.9. The standard InChI is InChI=1S/C15H21F3N2/c1-3-11-4-5-20(9-10(2)8-19-11)15-7-13(17)12(16)6-14(15)18/h6-7,10-11,19H,3-5,8-9H2,1-2H3. The van der Waals surface area contributed by atoms with Crippen molar-refractivity contribution in [3.05, 3.63) is 29.6 Å². The van der Waals surface area contributed by atoms with Crippen LogP contribution in [-0.4, -0.2) is 25.7 Å². The first-order chi connectivity index (χ1) is 9.51. The molecule has 2 unspecified atom stereocenters. The van der Waals surface area contributed by atoms with E-state index >= 15 is 0 Å². The first kappa shape index (κ1) is 15.2. The van der Waals surface area contributed by atoms with Crippen LogP contribution in [0.2, 0.25) is 0 Å². The summed E-state index contributed by atoms with van der Waals surface area (Å²) in [5, 5.41) is 3.47. The highest BCUT2D eigenvalue weighted by Gasteiger charge is 2.21. The van der Waals surface area contributed by atoms with Crippen molar-refractivity contribution in [1.29, 1.82) is 0 Å². The first-order valence-electron chi connectivity index (χ1n) is 7.14. The molecule has 1 heterocycles. The molecule has 1 N–H and O–H groups in total. The van der Waals surface area contributed by atoms with E-state index in [1.807, 2.05) is 4.90 Å². The van der Waals surface area contributed by atoms with Crippen LogP contribution in [0, 0.1) is 23.4 Å². The molecule has 1 aromatic carbocycles. The molecule has 1 fully saturated rings. The monoisotopic (exact) mass is 286 g/mol. The third-order valence-corrected chi connectivity index (χ3v) is 3.86. The minimum atomic E-state index is -1.14. The van der Waals surface area contributed by atoms with Crippen molar-refractivity contribution in [3.63, 3.8) is 0 Å². The fourth-order valence-electron chi connectivity index (χ4n) is 2.64. The molecule has 5 heteroatoms. The van der Waals surface area contributed by atoms with E-state index in [0.29, 0.717) is 31.1 Å². The van der Waals surface area contributed by atoms with Crippen LogP contribution in [0.4, 0.5) is 18.9 Å². The Labute approximate surface area is 118 Å². The van der Waals surface area contributed by atoms with Crippen molar-refractivity contribution < 1.29 is 13.2 Å². The quantitative estimate of drug-likeness (QED) is 0.839. The SMILES string of the molecule is CCC1CCN(c2cc(F)c(F)cc2F)CC(C)CN1. The van der Waals surface area contributed by atoms with Crippen LogP contribution in [0.25, 0.3) is 0 Å². The maximum absolute atomic E-state index is 13.9. The summed E-state index contributed by atoms with van der Waals surface area (Å²) in [4.78, 5) is 1.83. The molecule has 1 aliphatic heterocycles. The van der Waals surface area contributed by atoms with Gasteiger partial charge in [0.15, 0.2) is 11.6 Å². The predicted octanol–water partition coefficient (Wildman–Crippen LogP) is 3.32. The van der Waals surface area contributed by atoms with Crippen LogP contribution in [-0.2, 0) is 0 Å². The van der Waals surface area contributed by atoms with Crippen LogP contribution in [0.15, 0.2) is 12.1 Å². The van der Waals surface area contributed by atoms with Gasteiger partial charge in [0.1, 0.15) is 5.82 Å². The maximum Gasteiger partial charge on any atom is 0.161 e. The van der Waals surface area contributed by atoms with E-state index in [1.54, 1.807) is 0 Å². The molecule has 20 heavy (non-hydrogen) atoms. The van der Waals surface area contributed by atoms with Gasteiger partial charge in [0, 0.05) is 31.3 Å². The molecule has 1 saturated heterocycles. The summed E-state index contributed by atoms with van der Waals surface area (Å²) in [5.74, 6) is -2.52. The van der Waals surface area contributed by atoms with E-state index in [-0.39, 0.29) is 5.69 Å². The Kier molecular flexibility index (Phi) is 4.91. The Morgan fingerprint density at radius 3 is 2.60 bits per heavy atom. The summed E-state index contributed by atoms with van der Waals surface area (Å²) in [6.07, 6.45) is 1.86. The van der Waals surface area contributed by atoms with Crippen molar-refractivity contribution >= 4 is 5.69 Å². The van der Waals surface area contributed by atoms with E-state index in [9.17, 15) is 13.2 Å². The van der Waals surface area contributed by atoms with Crippen molar-refractivity contribution in [3.8, 4) is 0 Å². The zero-order valence-corrected chi connectivity index (χ0v) is 11.9. The van der Waals surface area contributed by atoms with E-state index in [2.05, 4.69) is 19.2 Å². The first-order valence-corrected chi connectivity index (χ1v) is 7.14. The number of hydrogen-bond donors (Lipinski definition) is 1. The van der Waals surface area contributed by atoms with Gasteiger partial charge < -0.3 is 10.2 Å². The largest absolute Gasteiger partial charge is 0.369 e. The van der Waals surface area contributed by atoms with Gasteiger partial charge >= 0.3 is 0 Å². The van der Waals surface area contributed by atoms with Gasteiger partial charge in [-0.15, -0.1) is 0 Å². The number of hydrogen-bond acceptors (Lipinski definition) is 2. The van der Waals surface area contributed by atoms with Gasteiger partial charge in [-0.25, -0.2) is 13.2 Å². The molecule has 112 valence electrons. The molecule has 1 aromatic rings. The Balaban J connectivity index is 2.23. The number of halogens is 3. The lowest BCUT2D eigenvalue weighted by atomic mass is 10.0. The summed E-state index contributed by atoms with van der Waals surface area (Å²) >= 11 is 0. The smallest absolute Gasteiger partial charge is 0.161 e. The normalized spacial score (nSPS) is 24.4. The lowest BCUT2D eigenvalue weighted by Gasteiger charge is -2.33. The summed E-state index contributed by atoms with van der Waals surface area (Å²) in [6, 6.07) is 1.98. The van der Waals surface area contributed by atoms with Crippen LogP contribution in [0.3, 0.4) is 0 Å². The molecule has 1 aliphatic rings.